The molecule has 1 atom stereocenters. The van der Waals surface area contributed by atoms with Gasteiger partial charge >= 0.3 is 0 Å². The summed E-state index contributed by atoms with van der Waals surface area (Å²) in [5.41, 5.74) is 0. The van der Waals surface area contributed by atoms with Crippen molar-refractivity contribution in [2.24, 2.45) is 0 Å². The van der Waals surface area contributed by atoms with Crippen LogP contribution in [0.25, 0.3) is 0 Å². The Kier molecular flexibility index (Phi) is 21.1. The maximum Gasteiger partial charge on any atom is 0.300 e. The Bertz CT molecular complexity index is 445. The van der Waals surface area contributed by atoms with E-state index in [-0.39, 0.29) is 19.0 Å². The molecule has 0 aliphatic rings. The molecular formula is C23H50FNO3S. The highest BCUT2D eigenvalue weighted by Gasteiger charge is 2.42. The van der Waals surface area contributed by atoms with Crippen molar-refractivity contribution in [1.82, 2.24) is 6.15 Å². The maximum atomic E-state index is 14.9. The minimum atomic E-state index is -4.65. The first-order valence-corrected chi connectivity index (χ1v) is 13.5. The molecule has 4 nitrogen and oxygen atoms in total. The fraction of sp³-hybridized carbons (Fsp3) is 1.00. The first kappa shape index (κ1) is 31.0. The minimum absolute atomic E-state index is 0. The van der Waals surface area contributed by atoms with Gasteiger partial charge in [0.15, 0.2) is 0 Å². The zero-order valence-electron chi connectivity index (χ0n) is 19.4. The van der Waals surface area contributed by atoms with Crippen molar-refractivity contribution in [2.45, 2.75) is 147 Å². The summed E-state index contributed by atoms with van der Waals surface area (Å²) in [5, 5.41) is -2.45. The zero-order chi connectivity index (χ0) is 21.1. The van der Waals surface area contributed by atoms with Crippen LogP contribution in [0.3, 0.4) is 0 Å². The third kappa shape index (κ3) is 17.2. The molecule has 0 amide bonds. The van der Waals surface area contributed by atoms with Crippen LogP contribution in [0.15, 0.2) is 0 Å². The molecule has 0 bridgehead atoms. The van der Waals surface area contributed by atoms with Crippen LogP contribution in [-0.4, -0.2) is 18.0 Å². The largest absolute Gasteiger partial charge is 0.344 e. The van der Waals surface area contributed by atoms with E-state index >= 15 is 0 Å². The van der Waals surface area contributed by atoms with E-state index in [9.17, 15) is 17.4 Å². The molecule has 0 aliphatic heterocycles. The molecule has 6 heteroatoms. The Balaban J connectivity index is 0. The van der Waals surface area contributed by atoms with Gasteiger partial charge in [-0.1, -0.05) is 117 Å². The summed E-state index contributed by atoms with van der Waals surface area (Å²) < 4.78 is 47.3. The van der Waals surface area contributed by atoms with Crippen molar-refractivity contribution >= 4 is 10.1 Å². The van der Waals surface area contributed by atoms with Crippen molar-refractivity contribution in [3.63, 3.8) is 0 Å². The Labute approximate surface area is 181 Å². The summed E-state index contributed by atoms with van der Waals surface area (Å²) in [4.78, 5) is 0. The van der Waals surface area contributed by atoms with Gasteiger partial charge in [0.05, 0.1) is 0 Å². The van der Waals surface area contributed by atoms with E-state index in [1.165, 1.54) is 64.2 Å². The Hall–Kier alpha value is -0.200. The lowest BCUT2D eigenvalue weighted by molar-refractivity contribution is 0.203. The summed E-state index contributed by atoms with van der Waals surface area (Å²) >= 11 is 0. The monoisotopic (exact) mass is 439 g/mol. The number of hydrogen-bond acceptors (Lipinski definition) is 3. The highest BCUT2D eigenvalue weighted by atomic mass is 32.2. The van der Waals surface area contributed by atoms with E-state index in [1.54, 1.807) is 0 Å². The lowest BCUT2D eigenvalue weighted by Gasteiger charge is -2.22. The van der Waals surface area contributed by atoms with Gasteiger partial charge in [0.2, 0.25) is 5.00 Å². The van der Waals surface area contributed by atoms with E-state index in [1.807, 2.05) is 0 Å². The molecule has 4 N–H and O–H groups in total. The topological polar surface area (TPSA) is 89.4 Å². The Morgan fingerprint density at radius 1 is 0.586 bits per heavy atom. The fourth-order valence-corrected chi connectivity index (χ4v) is 4.59. The summed E-state index contributed by atoms with van der Waals surface area (Å²) in [7, 11) is -4.65. The molecule has 29 heavy (non-hydrogen) atoms. The molecule has 178 valence electrons. The number of halogens is 1. The molecule has 0 radical (unpaired) electrons. The molecule has 0 saturated carbocycles. The van der Waals surface area contributed by atoms with Crippen molar-refractivity contribution in [3.05, 3.63) is 0 Å². The standard InChI is InChI=1S/C23H47FO3S.H3N/c1-3-5-7-9-11-12-13-14-16-18-20-22-23(24,28(25,26)27)21-19-17-15-10-8-6-4-2;/h3-22H2,1-2H3,(H,25,26,27);1H3. The average Bonchev–Trinajstić information content (AvgIpc) is 2.64. The van der Waals surface area contributed by atoms with Crippen molar-refractivity contribution in [1.29, 1.82) is 0 Å². The van der Waals surface area contributed by atoms with E-state index in [0.29, 0.717) is 12.8 Å². The van der Waals surface area contributed by atoms with Crippen molar-refractivity contribution < 1.29 is 17.4 Å². The first-order valence-electron chi connectivity index (χ1n) is 12.0. The van der Waals surface area contributed by atoms with Crippen LogP contribution >= 0.6 is 0 Å². The lowest BCUT2D eigenvalue weighted by atomic mass is 10.0. The van der Waals surface area contributed by atoms with Gasteiger partial charge in [-0.05, 0) is 25.7 Å². The van der Waals surface area contributed by atoms with Gasteiger partial charge in [0.1, 0.15) is 0 Å². The van der Waals surface area contributed by atoms with Crippen LogP contribution < -0.4 is 6.15 Å². The molecule has 0 saturated heterocycles. The van der Waals surface area contributed by atoms with Crippen LogP contribution in [0, 0.1) is 0 Å². The molecule has 0 fully saturated rings. The molecule has 0 aromatic carbocycles. The fourth-order valence-electron chi connectivity index (χ4n) is 3.78. The van der Waals surface area contributed by atoms with Crippen molar-refractivity contribution in [2.75, 3.05) is 0 Å². The molecule has 0 aromatic rings. The smallest absolute Gasteiger partial charge is 0.300 e. The maximum absolute atomic E-state index is 14.9. The molecule has 0 heterocycles. The highest BCUT2D eigenvalue weighted by molar-refractivity contribution is 7.87. The van der Waals surface area contributed by atoms with E-state index in [4.69, 9.17) is 0 Å². The van der Waals surface area contributed by atoms with Gasteiger partial charge in [-0.3, -0.25) is 4.55 Å². The molecule has 1 unspecified atom stereocenters. The second-order valence-corrected chi connectivity index (χ2v) is 10.2. The molecule has 0 aromatic heterocycles. The number of hydrogen-bond donors (Lipinski definition) is 2. The molecule has 0 rings (SSSR count). The summed E-state index contributed by atoms with van der Waals surface area (Å²) in [6.07, 6.45) is 19.5. The van der Waals surface area contributed by atoms with Crippen LogP contribution in [0.1, 0.15) is 142 Å². The highest BCUT2D eigenvalue weighted by Crippen LogP contribution is 2.32. The Morgan fingerprint density at radius 2 is 0.828 bits per heavy atom. The van der Waals surface area contributed by atoms with Gasteiger partial charge in [0, 0.05) is 0 Å². The van der Waals surface area contributed by atoms with E-state index < -0.39 is 15.1 Å². The number of unbranched alkanes of at least 4 members (excludes halogenated alkanes) is 16. The lowest BCUT2D eigenvalue weighted by Crippen LogP contribution is -2.33. The van der Waals surface area contributed by atoms with Gasteiger partial charge in [0.25, 0.3) is 10.1 Å². The molecule has 0 aliphatic carbocycles. The van der Waals surface area contributed by atoms with Crippen LogP contribution in [0.2, 0.25) is 0 Å². The predicted octanol–water partition coefficient (Wildman–Crippen LogP) is 8.54. The number of rotatable bonds is 21. The van der Waals surface area contributed by atoms with Gasteiger partial charge < -0.3 is 6.15 Å². The van der Waals surface area contributed by atoms with Gasteiger partial charge in [-0.25, -0.2) is 4.39 Å². The van der Waals surface area contributed by atoms with Crippen LogP contribution in [-0.2, 0) is 10.1 Å². The third-order valence-electron chi connectivity index (χ3n) is 5.77. The van der Waals surface area contributed by atoms with Crippen LogP contribution in [0.4, 0.5) is 4.39 Å². The van der Waals surface area contributed by atoms with Crippen LogP contribution in [0.5, 0.6) is 0 Å². The SMILES string of the molecule is CCCCCCCCCCCCCC(F)(CCCCCCCCC)S(=O)(=O)O.N. The minimum Gasteiger partial charge on any atom is -0.344 e. The van der Waals surface area contributed by atoms with Crippen molar-refractivity contribution in [3.8, 4) is 0 Å². The third-order valence-corrected chi connectivity index (χ3v) is 7.10. The summed E-state index contributed by atoms with van der Waals surface area (Å²) in [6, 6.07) is 0. The normalized spacial score (nSPS) is 13.8. The quantitative estimate of drug-likeness (QED) is 0.138. The number of alkyl halides is 1. The second-order valence-electron chi connectivity index (χ2n) is 8.52. The zero-order valence-corrected chi connectivity index (χ0v) is 20.2. The second kappa shape index (κ2) is 19.7. The molecular weight excluding hydrogens is 389 g/mol. The summed E-state index contributed by atoms with van der Waals surface area (Å²) in [5.74, 6) is 0. The van der Waals surface area contributed by atoms with Gasteiger partial charge in [-0.2, -0.15) is 8.42 Å². The molecule has 0 spiro atoms. The summed E-state index contributed by atoms with van der Waals surface area (Å²) in [6.45, 7) is 4.39. The average molecular weight is 440 g/mol. The van der Waals surface area contributed by atoms with E-state index in [2.05, 4.69) is 13.8 Å². The van der Waals surface area contributed by atoms with E-state index in [0.717, 1.165) is 38.5 Å². The predicted molar refractivity (Wildman–Crippen MR) is 124 cm³/mol. The van der Waals surface area contributed by atoms with Gasteiger partial charge in [-0.15, -0.1) is 0 Å². The Morgan fingerprint density at radius 3 is 1.07 bits per heavy atom. The first-order chi connectivity index (χ1) is 13.4.